The molecule has 0 fully saturated rings. The molecule has 0 saturated heterocycles. The molecule has 0 unspecified atom stereocenters. The van der Waals surface area contributed by atoms with Gasteiger partial charge in [-0.3, -0.25) is 0 Å². The van der Waals surface area contributed by atoms with Crippen LogP contribution in [0.15, 0.2) is 41.7 Å². The summed E-state index contributed by atoms with van der Waals surface area (Å²) in [6, 6.07) is 7.84. The van der Waals surface area contributed by atoms with Gasteiger partial charge in [0.15, 0.2) is 0 Å². The summed E-state index contributed by atoms with van der Waals surface area (Å²) in [6.45, 7) is 0. The normalized spacial score (nSPS) is 13.5. The predicted octanol–water partition coefficient (Wildman–Crippen LogP) is 2.83. The van der Waals surface area contributed by atoms with Gasteiger partial charge in [0.2, 0.25) is 7.98 Å². The van der Waals surface area contributed by atoms with Gasteiger partial charge in [-0.2, -0.15) is 0 Å². The highest BCUT2D eigenvalue weighted by atomic mass is 35.5. The average molecular weight is 293 g/mol. The van der Waals surface area contributed by atoms with Crippen molar-refractivity contribution in [3.8, 4) is 11.1 Å². The maximum atomic E-state index is 6.31. The fourth-order valence-electron chi connectivity index (χ4n) is 2.73. The molecule has 0 bridgehead atoms. The predicted molar refractivity (Wildman–Crippen MR) is 86.3 cm³/mol. The number of nitrogens with zero attached hydrogens (tertiary/aromatic N) is 3. The molecular weight excluding hydrogens is 282 g/mol. The Kier molecular flexibility index (Phi) is 2.59. The highest BCUT2D eigenvalue weighted by Crippen LogP contribution is 2.37. The lowest BCUT2D eigenvalue weighted by atomic mass is 10.0. The summed E-state index contributed by atoms with van der Waals surface area (Å²) >= 11 is 6.31. The minimum atomic E-state index is 0.628. The first-order valence-corrected chi connectivity index (χ1v) is 6.88. The zero-order valence-corrected chi connectivity index (χ0v) is 11.8. The Morgan fingerprint density at radius 3 is 3.00 bits per heavy atom. The van der Waals surface area contributed by atoms with Crippen molar-refractivity contribution in [3.63, 3.8) is 0 Å². The maximum absolute atomic E-state index is 6.31. The van der Waals surface area contributed by atoms with E-state index in [-0.39, 0.29) is 0 Å². The molecule has 0 atom stereocenters. The van der Waals surface area contributed by atoms with Crippen LogP contribution in [0.2, 0.25) is 5.02 Å². The molecule has 6 heteroatoms. The van der Waals surface area contributed by atoms with Crippen LogP contribution in [0.25, 0.3) is 22.2 Å². The van der Waals surface area contributed by atoms with Crippen molar-refractivity contribution in [2.45, 2.75) is 6.42 Å². The standard InChI is InChI=1S/C15H10BClN4/c16-21-7-10(14-11(17)3-4-19-15(14)21)8-1-2-9-6-13(18)20-12(9)5-8/h1-5,7H,6H2,(H2,18,20). The number of halogens is 1. The van der Waals surface area contributed by atoms with Crippen molar-refractivity contribution < 1.29 is 0 Å². The molecule has 2 radical (unpaired) electrons. The summed E-state index contributed by atoms with van der Waals surface area (Å²) in [5.41, 5.74) is 10.4. The van der Waals surface area contributed by atoms with Gasteiger partial charge in [-0.1, -0.05) is 23.7 Å². The third-order valence-electron chi connectivity index (χ3n) is 3.69. The lowest BCUT2D eigenvalue weighted by Gasteiger charge is -2.03. The molecule has 1 aliphatic rings. The van der Waals surface area contributed by atoms with Crippen LogP contribution in [0.4, 0.5) is 5.69 Å². The fraction of sp³-hybridized carbons (Fsp3) is 0.0667. The second-order valence-corrected chi connectivity index (χ2v) is 5.47. The molecule has 1 aromatic carbocycles. The van der Waals surface area contributed by atoms with Gasteiger partial charge in [0.05, 0.1) is 10.7 Å². The summed E-state index contributed by atoms with van der Waals surface area (Å²) < 4.78 is 1.49. The Morgan fingerprint density at radius 2 is 2.14 bits per heavy atom. The molecule has 2 N–H and O–H groups in total. The van der Waals surface area contributed by atoms with Gasteiger partial charge in [-0.05, 0) is 23.3 Å². The van der Waals surface area contributed by atoms with Crippen LogP contribution in [0.3, 0.4) is 0 Å². The van der Waals surface area contributed by atoms with Crippen molar-refractivity contribution in [2.24, 2.45) is 10.7 Å². The minimum Gasteiger partial charge on any atom is -0.388 e. The lowest BCUT2D eigenvalue weighted by Crippen LogP contribution is -2.09. The molecule has 0 amide bonds. The molecule has 0 spiro atoms. The van der Waals surface area contributed by atoms with Crippen molar-refractivity contribution >= 4 is 42.1 Å². The Labute approximate surface area is 127 Å². The molecule has 3 aromatic rings. The van der Waals surface area contributed by atoms with Crippen LogP contribution in [0.1, 0.15) is 5.56 Å². The number of aliphatic imine (C=N–C) groups is 1. The number of hydrogen-bond donors (Lipinski definition) is 1. The highest BCUT2D eigenvalue weighted by molar-refractivity contribution is 6.36. The first-order chi connectivity index (χ1) is 10.1. The largest absolute Gasteiger partial charge is 0.388 e. The lowest BCUT2D eigenvalue weighted by molar-refractivity contribution is 1.24. The Hall–Kier alpha value is -2.27. The van der Waals surface area contributed by atoms with E-state index in [1.54, 1.807) is 12.3 Å². The third-order valence-corrected chi connectivity index (χ3v) is 4.01. The van der Waals surface area contributed by atoms with E-state index >= 15 is 0 Å². The number of hydrogen-bond acceptors (Lipinski definition) is 3. The Balaban J connectivity index is 1.98. The number of pyridine rings is 1. The minimum absolute atomic E-state index is 0.628. The Morgan fingerprint density at radius 1 is 1.29 bits per heavy atom. The quantitative estimate of drug-likeness (QED) is 0.701. The molecule has 0 aliphatic carbocycles. The topological polar surface area (TPSA) is 56.2 Å². The summed E-state index contributed by atoms with van der Waals surface area (Å²) in [5.74, 6) is 0.642. The molecule has 100 valence electrons. The second kappa shape index (κ2) is 4.36. The monoisotopic (exact) mass is 292 g/mol. The molecule has 2 aromatic heterocycles. The highest BCUT2D eigenvalue weighted by Gasteiger charge is 2.16. The Bertz CT molecular complexity index is 913. The smallest absolute Gasteiger partial charge is 0.236 e. The van der Waals surface area contributed by atoms with Crippen molar-refractivity contribution in [1.29, 1.82) is 0 Å². The average Bonchev–Trinajstić information content (AvgIpc) is 2.99. The zero-order chi connectivity index (χ0) is 14.6. The summed E-state index contributed by atoms with van der Waals surface area (Å²) in [4.78, 5) is 8.63. The first kappa shape index (κ1) is 12.5. The maximum Gasteiger partial charge on any atom is 0.236 e. The van der Waals surface area contributed by atoms with Crippen molar-refractivity contribution in [3.05, 3.63) is 47.2 Å². The van der Waals surface area contributed by atoms with E-state index in [0.717, 1.165) is 27.8 Å². The van der Waals surface area contributed by atoms with E-state index in [2.05, 4.69) is 9.98 Å². The van der Waals surface area contributed by atoms with Gasteiger partial charge in [0.1, 0.15) is 11.5 Å². The number of amidine groups is 1. The van der Waals surface area contributed by atoms with E-state index < -0.39 is 0 Å². The van der Waals surface area contributed by atoms with Gasteiger partial charge >= 0.3 is 0 Å². The molecule has 4 rings (SSSR count). The van der Waals surface area contributed by atoms with E-state index in [9.17, 15) is 0 Å². The third kappa shape index (κ3) is 1.85. The summed E-state index contributed by atoms with van der Waals surface area (Å²) in [6.07, 6.45) is 4.18. The zero-order valence-electron chi connectivity index (χ0n) is 11.0. The van der Waals surface area contributed by atoms with Gasteiger partial charge in [-0.15, -0.1) is 0 Å². The molecule has 3 heterocycles. The van der Waals surface area contributed by atoms with E-state index in [4.69, 9.17) is 25.3 Å². The van der Waals surface area contributed by atoms with Crippen LogP contribution >= 0.6 is 11.6 Å². The van der Waals surface area contributed by atoms with Gasteiger partial charge in [0.25, 0.3) is 0 Å². The SMILES string of the molecule is [B]n1cc(-c2ccc3c(c2)N=C(N)C3)c2c(Cl)ccnc21. The van der Waals surface area contributed by atoms with Crippen LogP contribution in [-0.2, 0) is 6.42 Å². The molecule has 4 nitrogen and oxygen atoms in total. The van der Waals surface area contributed by atoms with Crippen molar-refractivity contribution in [1.82, 2.24) is 9.46 Å². The van der Waals surface area contributed by atoms with Crippen LogP contribution in [-0.4, -0.2) is 23.3 Å². The van der Waals surface area contributed by atoms with Gasteiger partial charge < -0.3 is 10.2 Å². The number of rotatable bonds is 1. The molecule has 1 aliphatic heterocycles. The molecule has 21 heavy (non-hydrogen) atoms. The van der Waals surface area contributed by atoms with Crippen molar-refractivity contribution in [2.75, 3.05) is 0 Å². The summed E-state index contributed by atoms with van der Waals surface area (Å²) in [5, 5.41) is 1.47. The molecule has 0 saturated carbocycles. The van der Waals surface area contributed by atoms with Crippen LogP contribution < -0.4 is 5.73 Å². The van der Waals surface area contributed by atoms with E-state index in [1.165, 1.54) is 4.48 Å². The number of aromatic nitrogens is 2. The van der Waals surface area contributed by atoms with Crippen LogP contribution in [0, 0.1) is 0 Å². The number of benzene rings is 1. The first-order valence-electron chi connectivity index (χ1n) is 6.50. The number of nitrogens with two attached hydrogens (primary N) is 1. The van der Waals surface area contributed by atoms with Crippen LogP contribution in [0.5, 0.6) is 0 Å². The second-order valence-electron chi connectivity index (χ2n) is 5.06. The van der Waals surface area contributed by atoms with Gasteiger partial charge in [0, 0.05) is 29.8 Å². The fourth-order valence-corrected chi connectivity index (χ4v) is 2.97. The summed E-state index contributed by atoms with van der Waals surface area (Å²) in [7, 11) is 5.97. The number of fused-ring (bicyclic) bond motifs is 2. The van der Waals surface area contributed by atoms with E-state index in [0.29, 0.717) is 22.9 Å². The van der Waals surface area contributed by atoms with E-state index in [1.807, 2.05) is 24.4 Å². The molecular formula is C15H10BClN4. The van der Waals surface area contributed by atoms with Gasteiger partial charge in [-0.25, -0.2) is 9.98 Å².